The van der Waals surface area contributed by atoms with Crippen molar-refractivity contribution in [3.8, 4) is 5.75 Å². The van der Waals surface area contributed by atoms with Crippen molar-refractivity contribution >= 4 is 35.3 Å². The first kappa shape index (κ1) is 18.2. The van der Waals surface area contributed by atoms with Gasteiger partial charge in [-0.2, -0.15) is 0 Å². The lowest BCUT2D eigenvalue weighted by atomic mass is 10.1. The van der Waals surface area contributed by atoms with Crippen LogP contribution >= 0.6 is 0 Å². The van der Waals surface area contributed by atoms with Crippen LogP contribution in [0.25, 0.3) is 6.08 Å². The number of urea groups is 1. The minimum atomic E-state index is -0.782. The fraction of sp³-hybridized carbons (Fsp3) is 0.150. The van der Waals surface area contributed by atoms with Crippen LogP contribution in [0.5, 0.6) is 5.75 Å². The van der Waals surface area contributed by atoms with E-state index in [2.05, 4.69) is 5.32 Å². The van der Waals surface area contributed by atoms with Gasteiger partial charge in [0.25, 0.3) is 11.8 Å². The standard InChI is InChI=1S/C20H19N3O4/c1-22(2)14-6-4-13(5-7-14)12-17-18(24)21-20(26)23(19(17)25)15-8-10-16(27-3)11-9-15/h4-12H,1-3H3,(H,21,24,26). The summed E-state index contributed by atoms with van der Waals surface area (Å²) in [6, 6.07) is 13.0. The lowest BCUT2D eigenvalue weighted by molar-refractivity contribution is -0.122. The second kappa shape index (κ2) is 7.33. The Morgan fingerprint density at radius 3 is 2.15 bits per heavy atom. The maximum absolute atomic E-state index is 12.8. The van der Waals surface area contributed by atoms with E-state index in [0.717, 1.165) is 10.6 Å². The van der Waals surface area contributed by atoms with Gasteiger partial charge in [-0.15, -0.1) is 0 Å². The van der Waals surface area contributed by atoms with E-state index in [1.165, 1.54) is 13.2 Å². The number of amides is 4. The Hall–Kier alpha value is -3.61. The summed E-state index contributed by atoms with van der Waals surface area (Å²) in [7, 11) is 5.36. The smallest absolute Gasteiger partial charge is 0.335 e. The zero-order chi connectivity index (χ0) is 19.6. The Morgan fingerprint density at radius 2 is 1.59 bits per heavy atom. The minimum absolute atomic E-state index is 0.108. The lowest BCUT2D eigenvalue weighted by Crippen LogP contribution is -2.54. The molecule has 0 radical (unpaired) electrons. The molecule has 0 unspecified atom stereocenters. The van der Waals surface area contributed by atoms with Crippen LogP contribution in [0.2, 0.25) is 0 Å². The van der Waals surface area contributed by atoms with Crippen LogP contribution in [0.4, 0.5) is 16.2 Å². The highest BCUT2D eigenvalue weighted by Gasteiger charge is 2.36. The number of methoxy groups -OCH3 is 1. The Kier molecular flexibility index (Phi) is 4.94. The summed E-state index contributed by atoms with van der Waals surface area (Å²) < 4.78 is 5.08. The number of imide groups is 2. The quantitative estimate of drug-likeness (QED) is 0.665. The van der Waals surface area contributed by atoms with Crippen LogP contribution in [0.15, 0.2) is 54.1 Å². The molecule has 138 valence electrons. The molecule has 0 bridgehead atoms. The number of nitrogens with one attached hydrogen (secondary N) is 1. The van der Waals surface area contributed by atoms with Crippen LogP contribution < -0.4 is 19.9 Å². The fourth-order valence-corrected chi connectivity index (χ4v) is 2.66. The molecule has 4 amide bonds. The maximum atomic E-state index is 12.8. The Morgan fingerprint density at radius 1 is 0.963 bits per heavy atom. The van der Waals surface area contributed by atoms with Gasteiger partial charge in [0.05, 0.1) is 12.8 Å². The average Bonchev–Trinajstić information content (AvgIpc) is 2.66. The number of carbonyl (C=O) groups excluding carboxylic acids is 3. The molecule has 2 aromatic carbocycles. The summed E-state index contributed by atoms with van der Waals surface area (Å²) in [6.45, 7) is 0. The molecule has 1 heterocycles. The third-order valence-electron chi connectivity index (χ3n) is 4.15. The minimum Gasteiger partial charge on any atom is -0.497 e. The van der Waals surface area contributed by atoms with E-state index in [9.17, 15) is 14.4 Å². The summed E-state index contributed by atoms with van der Waals surface area (Å²) in [5.74, 6) is -0.798. The van der Waals surface area contributed by atoms with Crippen molar-refractivity contribution in [2.45, 2.75) is 0 Å². The monoisotopic (exact) mass is 365 g/mol. The summed E-state index contributed by atoms with van der Waals surface area (Å²) in [4.78, 5) is 40.1. The summed E-state index contributed by atoms with van der Waals surface area (Å²) in [5.41, 5.74) is 1.91. The molecule has 1 aliphatic heterocycles. The van der Waals surface area contributed by atoms with E-state index in [0.29, 0.717) is 17.0 Å². The van der Waals surface area contributed by atoms with Gasteiger partial charge < -0.3 is 9.64 Å². The number of rotatable bonds is 4. The van der Waals surface area contributed by atoms with E-state index in [1.54, 1.807) is 36.4 Å². The van der Waals surface area contributed by atoms with E-state index >= 15 is 0 Å². The molecule has 0 aromatic heterocycles. The predicted molar refractivity (Wildman–Crippen MR) is 103 cm³/mol. The summed E-state index contributed by atoms with van der Waals surface area (Å²) in [5, 5.41) is 2.21. The molecule has 1 saturated heterocycles. The van der Waals surface area contributed by atoms with E-state index in [-0.39, 0.29) is 5.57 Å². The first-order chi connectivity index (χ1) is 12.9. The molecule has 3 rings (SSSR count). The van der Waals surface area contributed by atoms with Crippen molar-refractivity contribution in [1.82, 2.24) is 5.32 Å². The van der Waals surface area contributed by atoms with Crippen LogP contribution in [-0.4, -0.2) is 39.1 Å². The maximum Gasteiger partial charge on any atom is 0.335 e. The number of carbonyl (C=O) groups is 3. The van der Waals surface area contributed by atoms with Gasteiger partial charge in [-0.25, -0.2) is 9.69 Å². The van der Waals surface area contributed by atoms with Crippen molar-refractivity contribution in [2.24, 2.45) is 0 Å². The van der Waals surface area contributed by atoms with Gasteiger partial charge in [-0.05, 0) is 48.0 Å². The normalized spacial score (nSPS) is 15.7. The first-order valence-electron chi connectivity index (χ1n) is 8.23. The molecule has 1 fully saturated rings. The molecule has 0 spiro atoms. The molecular weight excluding hydrogens is 346 g/mol. The second-order valence-corrected chi connectivity index (χ2v) is 6.14. The van der Waals surface area contributed by atoms with E-state index in [4.69, 9.17) is 4.74 Å². The largest absolute Gasteiger partial charge is 0.497 e. The van der Waals surface area contributed by atoms with Crippen molar-refractivity contribution in [3.63, 3.8) is 0 Å². The van der Waals surface area contributed by atoms with Gasteiger partial charge in [0.1, 0.15) is 11.3 Å². The number of anilines is 2. The van der Waals surface area contributed by atoms with Gasteiger partial charge in [0.15, 0.2) is 0 Å². The summed E-state index contributed by atoms with van der Waals surface area (Å²) >= 11 is 0. The first-order valence-corrected chi connectivity index (χ1v) is 8.23. The number of hydrogen-bond donors (Lipinski definition) is 1. The number of benzene rings is 2. The topological polar surface area (TPSA) is 79.0 Å². The summed E-state index contributed by atoms with van der Waals surface area (Å²) in [6.07, 6.45) is 1.47. The zero-order valence-electron chi connectivity index (χ0n) is 15.2. The SMILES string of the molecule is COc1ccc(N2C(=O)NC(=O)C(=Cc3ccc(N(C)C)cc3)C2=O)cc1. The molecule has 1 N–H and O–H groups in total. The van der Waals surface area contributed by atoms with Crippen LogP contribution in [0.1, 0.15) is 5.56 Å². The van der Waals surface area contributed by atoms with E-state index in [1.807, 2.05) is 31.1 Å². The lowest BCUT2D eigenvalue weighted by Gasteiger charge is -2.26. The number of ether oxygens (including phenoxy) is 1. The average molecular weight is 365 g/mol. The fourth-order valence-electron chi connectivity index (χ4n) is 2.66. The zero-order valence-corrected chi connectivity index (χ0v) is 15.2. The van der Waals surface area contributed by atoms with Crippen LogP contribution in [0.3, 0.4) is 0 Å². The van der Waals surface area contributed by atoms with Gasteiger partial charge in [0, 0.05) is 19.8 Å². The highest BCUT2D eigenvalue weighted by atomic mass is 16.5. The van der Waals surface area contributed by atoms with Gasteiger partial charge in [-0.1, -0.05) is 12.1 Å². The van der Waals surface area contributed by atoms with Crippen molar-refractivity contribution in [2.75, 3.05) is 31.0 Å². The highest BCUT2D eigenvalue weighted by Crippen LogP contribution is 2.24. The second-order valence-electron chi connectivity index (χ2n) is 6.14. The van der Waals surface area contributed by atoms with Crippen LogP contribution in [-0.2, 0) is 9.59 Å². The molecule has 0 atom stereocenters. The molecule has 27 heavy (non-hydrogen) atoms. The Bertz CT molecular complexity index is 915. The molecular formula is C20H19N3O4. The molecule has 2 aromatic rings. The van der Waals surface area contributed by atoms with Gasteiger partial charge in [-0.3, -0.25) is 14.9 Å². The number of barbiturate groups is 1. The molecule has 7 heteroatoms. The highest BCUT2D eigenvalue weighted by molar-refractivity contribution is 6.39. The Balaban J connectivity index is 1.93. The van der Waals surface area contributed by atoms with E-state index < -0.39 is 17.8 Å². The van der Waals surface area contributed by atoms with Crippen molar-refractivity contribution in [3.05, 3.63) is 59.7 Å². The predicted octanol–water partition coefficient (Wildman–Crippen LogP) is 2.43. The van der Waals surface area contributed by atoms with Crippen molar-refractivity contribution < 1.29 is 19.1 Å². The third-order valence-corrected chi connectivity index (χ3v) is 4.15. The molecule has 7 nitrogen and oxygen atoms in total. The number of hydrogen-bond acceptors (Lipinski definition) is 5. The van der Waals surface area contributed by atoms with Gasteiger partial charge in [0.2, 0.25) is 0 Å². The van der Waals surface area contributed by atoms with Crippen LogP contribution in [0, 0.1) is 0 Å². The molecule has 1 aliphatic rings. The molecule has 0 saturated carbocycles. The third kappa shape index (κ3) is 3.67. The molecule has 0 aliphatic carbocycles. The van der Waals surface area contributed by atoms with Crippen molar-refractivity contribution in [1.29, 1.82) is 0 Å². The van der Waals surface area contributed by atoms with Gasteiger partial charge >= 0.3 is 6.03 Å². The number of nitrogens with zero attached hydrogens (tertiary/aromatic N) is 2. The Labute approximate surface area is 156 Å².